The minimum Gasteiger partial charge on any atom is -0.480 e. The van der Waals surface area contributed by atoms with Gasteiger partial charge in [0.25, 0.3) is 0 Å². The molecule has 0 spiro atoms. The molecule has 0 saturated carbocycles. The molecule has 0 bridgehead atoms. The van der Waals surface area contributed by atoms with Crippen LogP contribution in [0.4, 0.5) is 0 Å². The van der Waals surface area contributed by atoms with Gasteiger partial charge in [0.15, 0.2) is 0 Å². The van der Waals surface area contributed by atoms with Crippen LogP contribution in [0.2, 0.25) is 4.34 Å². The molecule has 1 saturated heterocycles. The number of likely N-dealkylation sites (N-methyl/N-ethyl adjacent to an activating group) is 1. The van der Waals surface area contributed by atoms with Crippen LogP contribution in [0.1, 0.15) is 37.5 Å². The van der Waals surface area contributed by atoms with Gasteiger partial charge in [-0.1, -0.05) is 18.5 Å². The fraction of sp³-hybridized carbons (Fsp3) is 0.625. The van der Waals surface area contributed by atoms with Crippen molar-refractivity contribution in [3.63, 3.8) is 0 Å². The average Bonchev–Trinajstić information content (AvgIpc) is 2.97. The Labute approximate surface area is 145 Å². The fourth-order valence-corrected chi connectivity index (χ4v) is 4.19. The number of likely N-dealkylation sites (tertiary alicyclic amines) is 1. The smallest absolute Gasteiger partial charge is 0.317 e. The van der Waals surface area contributed by atoms with Crippen LogP contribution in [-0.2, 0) is 9.59 Å². The Balaban J connectivity index is 1.90. The monoisotopic (exact) mass is 358 g/mol. The van der Waals surface area contributed by atoms with Crippen molar-refractivity contribution < 1.29 is 14.7 Å². The Morgan fingerprint density at radius 2 is 2.09 bits per heavy atom. The van der Waals surface area contributed by atoms with E-state index >= 15 is 0 Å². The van der Waals surface area contributed by atoms with Crippen LogP contribution in [0.3, 0.4) is 0 Å². The van der Waals surface area contributed by atoms with E-state index in [1.54, 1.807) is 0 Å². The number of carboxylic acids is 1. The third-order valence-electron chi connectivity index (χ3n) is 4.43. The quantitative estimate of drug-likeness (QED) is 0.849. The number of amides is 1. The van der Waals surface area contributed by atoms with E-state index in [0.29, 0.717) is 17.4 Å². The van der Waals surface area contributed by atoms with Gasteiger partial charge in [-0.25, -0.2) is 0 Å². The number of hydrogen-bond donors (Lipinski definition) is 1. The van der Waals surface area contributed by atoms with Crippen molar-refractivity contribution in [1.29, 1.82) is 0 Å². The van der Waals surface area contributed by atoms with Gasteiger partial charge in [-0.2, -0.15) is 0 Å². The maximum Gasteiger partial charge on any atom is 0.317 e. The van der Waals surface area contributed by atoms with E-state index in [1.807, 2.05) is 35.8 Å². The van der Waals surface area contributed by atoms with Crippen LogP contribution in [0.15, 0.2) is 12.1 Å². The Morgan fingerprint density at radius 3 is 2.57 bits per heavy atom. The molecule has 1 N–H and O–H groups in total. The molecular weight excluding hydrogens is 336 g/mol. The number of hydrogen-bond acceptors (Lipinski definition) is 4. The van der Waals surface area contributed by atoms with Crippen molar-refractivity contribution in [2.45, 2.75) is 38.6 Å². The highest BCUT2D eigenvalue weighted by molar-refractivity contribution is 7.16. The van der Waals surface area contributed by atoms with Gasteiger partial charge in [-0.15, -0.1) is 11.3 Å². The molecule has 1 amide bonds. The molecule has 128 valence electrons. The number of halogens is 1. The lowest BCUT2D eigenvalue weighted by molar-refractivity contribution is -0.140. The van der Waals surface area contributed by atoms with Crippen molar-refractivity contribution in [2.75, 3.05) is 26.2 Å². The topological polar surface area (TPSA) is 60.9 Å². The highest BCUT2D eigenvalue weighted by Gasteiger charge is 2.30. The molecule has 0 radical (unpaired) electrons. The molecule has 7 heteroatoms. The first-order chi connectivity index (χ1) is 10.9. The minimum atomic E-state index is -0.798. The molecule has 1 atom stereocenters. The summed E-state index contributed by atoms with van der Waals surface area (Å²) < 4.78 is 0.700. The zero-order chi connectivity index (χ0) is 17.0. The normalized spacial score (nSPS) is 17.5. The van der Waals surface area contributed by atoms with E-state index in [1.165, 1.54) is 11.3 Å². The maximum atomic E-state index is 12.6. The molecule has 2 heterocycles. The summed E-state index contributed by atoms with van der Waals surface area (Å²) in [5.41, 5.74) is 0. The molecule has 1 unspecified atom stereocenters. The van der Waals surface area contributed by atoms with Gasteiger partial charge in [0, 0.05) is 24.0 Å². The minimum absolute atomic E-state index is 0.0687. The number of piperidine rings is 1. The van der Waals surface area contributed by atoms with Gasteiger partial charge in [0.05, 0.1) is 16.8 Å². The summed E-state index contributed by atoms with van der Waals surface area (Å²) in [4.78, 5) is 28.4. The Morgan fingerprint density at radius 1 is 1.43 bits per heavy atom. The van der Waals surface area contributed by atoms with Gasteiger partial charge in [0.2, 0.25) is 5.91 Å². The highest BCUT2D eigenvalue weighted by atomic mass is 35.5. The first-order valence-corrected chi connectivity index (χ1v) is 9.11. The molecule has 1 aromatic heterocycles. The van der Waals surface area contributed by atoms with E-state index in [2.05, 4.69) is 0 Å². The van der Waals surface area contributed by atoms with Gasteiger partial charge in [-0.05, 0) is 38.4 Å². The number of nitrogens with zero attached hydrogens (tertiary/aromatic N) is 2. The number of carbonyl (C=O) groups excluding carboxylic acids is 1. The zero-order valence-corrected chi connectivity index (χ0v) is 15.1. The van der Waals surface area contributed by atoms with Crippen molar-refractivity contribution in [1.82, 2.24) is 9.80 Å². The summed E-state index contributed by atoms with van der Waals surface area (Å²) in [6.07, 6.45) is 1.65. The number of carboxylic acid groups (broad SMARTS) is 1. The van der Waals surface area contributed by atoms with Gasteiger partial charge < -0.3 is 10.0 Å². The lowest BCUT2D eigenvalue weighted by atomic mass is 10.0. The van der Waals surface area contributed by atoms with E-state index in [4.69, 9.17) is 16.7 Å². The van der Waals surface area contributed by atoms with E-state index in [0.717, 1.165) is 24.3 Å². The lowest BCUT2D eigenvalue weighted by Crippen LogP contribution is -2.48. The summed E-state index contributed by atoms with van der Waals surface area (Å²) in [6, 6.07) is 3.97. The molecule has 0 aliphatic carbocycles. The predicted octanol–water partition coefficient (Wildman–Crippen LogP) is 2.90. The summed E-state index contributed by atoms with van der Waals surface area (Å²) in [7, 11) is 0. The molecule has 1 aliphatic heterocycles. The molecule has 1 aromatic rings. The average molecular weight is 359 g/mol. The van der Waals surface area contributed by atoms with E-state index in [-0.39, 0.29) is 24.4 Å². The first-order valence-electron chi connectivity index (χ1n) is 7.92. The zero-order valence-electron chi connectivity index (χ0n) is 13.5. The van der Waals surface area contributed by atoms with Crippen molar-refractivity contribution >= 4 is 34.8 Å². The standard InChI is InChI=1S/C16H23ClN2O3S/c1-3-18(10-15(20)21)12-6-8-19(9-7-12)16(22)11(2)13-4-5-14(17)23-13/h4-5,11-12H,3,6-10H2,1-2H3,(H,20,21). The summed E-state index contributed by atoms with van der Waals surface area (Å²) in [5, 5.41) is 8.97. The summed E-state index contributed by atoms with van der Waals surface area (Å²) >= 11 is 7.40. The summed E-state index contributed by atoms with van der Waals surface area (Å²) in [6.45, 7) is 6.04. The lowest BCUT2D eigenvalue weighted by Gasteiger charge is -2.38. The second kappa shape index (κ2) is 8.13. The van der Waals surface area contributed by atoms with Crippen LogP contribution in [0.25, 0.3) is 0 Å². The second-order valence-corrected chi connectivity index (χ2v) is 7.62. The SMILES string of the molecule is CCN(CC(=O)O)C1CCN(C(=O)C(C)c2ccc(Cl)s2)CC1. The maximum absolute atomic E-state index is 12.6. The fourth-order valence-electron chi connectivity index (χ4n) is 3.08. The molecule has 5 nitrogen and oxygen atoms in total. The van der Waals surface area contributed by atoms with Crippen LogP contribution in [-0.4, -0.2) is 59.0 Å². The molecular formula is C16H23ClN2O3S. The third kappa shape index (κ3) is 4.68. The number of thiophene rings is 1. The largest absolute Gasteiger partial charge is 0.480 e. The van der Waals surface area contributed by atoms with Crippen LogP contribution < -0.4 is 0 Å². The van der Waals surface area contributed by atoms with Crippen molar-refractivity contribution in [3.05, 3.63) is 21.3 Å². The van der Waals surface area contributed by atoms with Gasteiger partial charge >= 0.3 is 5.97 Å². The van der Waals surface area contributed by atoms with Gasteiger partial charge in [0.1, 0.15) is 0 Å². The first kappa shape index (κ1) is 18.2. The number of aliphatic carboxylic acids is 1. The van der Waals surface area contributed by atoms with E-state index < -0.39 is 5.97 Å². The van der Waals surface area contributed by atoms with Crippen LogP contribution in [0, 0.1) is 0 Å². The third-order valence-corrected chi connectivity index (χ3v) is 5.84. The molecule has 1 aliphatic rings. The molecule has 2 rings (SSSR count). The Bertz CT molecular complexity index is 555. The second-order valence-electron chi connectivity index (χ2n) is 5.88. The molecule has 23 heavy (non-hydrogen) atoms. The predicted molar refractivity (Wildman–Crippen MR) is 92.2 cm³/mol. The molecule has 1 fully saturated rings. The highest BCUT2D eigenvalue weighted by Crippen LogP contribution is 2.30. The Kier molecular flexibility index (Phi) is 6.44. The summed E-state index contributed by atoms with van der Waals surface area (Å²) in [5.74, 6) is -0.845. The number of carbonyl (C=O) groups is 2. The van der Waals surface area contributed by atoms with Crippen molar-refractivity contribution in [2.24, 2.45) is 0 Å². The van der Waals surface area contributed by atoms with Crippen LogP contribution in [0.5, 0.6) is 0 Å². The van der Waals surface area contributed by atoms with Crippen molar-refractivity contribution in [3.8, 4) is 0 Å². The van der Waals surface area contributed by atoms with Crippen LogP contribution >= 0.6 is 22.9 Å². The van der Waals surface area contributed by atoms with E-state index in [9.17, 15) is 9.59 Å². The number of rotatable bonds is 6. The Hall–Kier alpha value is -1.11. The van der Waals surface area contributed by atoms with Gasteiger partial charge in [-0.3, -0.25) is 14.5 Å². The molecule has 0 aromatic carbocycles.